The van der Waals surface area contributed by atoms with E-state index in [1.54, 1.807) is 42.5 Å². The number of hydrogen-bond acceptors (Lipinski definition) is 4. The highest BCUT2D eigenvalue weighted by Crippen LogP contribution is 2.36. The highest BCUT2D eigenvalue weighted by atomic mass is 19.4. The van der Waals surface area contributed by atoms with Gasteiger partial charge in [0.15, 0.2) is 0 Å². The number of aliphatic hydroxyl groups excluding tert-OH is 1. The van der Waals surface area contributed by atoms with Crippen LogP contribution in [-0.2, 0) is 12.0 Å². The molecule has 0 aliphatic rings. The molecule has 1 heterocycles. The van der Waals surface area contributed by atoms with E-state index in [9.17, 15) is 31.4 Å². The Bertz CT molecular complexity index is 1100. The molecule has 0 saturated heterocycles. The van der Waals surface area contributed by atoms with Gasteiger partial charge in [0.25, 0.3) is 0 Å². The molecule has 2 N–H and O–H groups in total. The number of rotatable bonds is 9. The minimum atomic E-state index is -4.93. The lowest BCUT2D eigenvalue weighted by molar-refractivity contribution is -0.274. The fraction of sp³-hybridized carbons (Fsp3) is 0.320. The van der Waals surface area contributed by atoms with Crippen molar-refractivity contribution in [3.8, 4) is 5.75 Å². The van der Waals surface area contributed by atoms with E-state index in [-0.39, 0.29) is 6.42 Å². The Hall–Kier alpha value is -3.11. The summed E-state index contributed by atoms with van der Waals surface area (Å²) in [4.78, 5) is 4.31. The number of benzene rings is 2. The number of aliphatic hydroxyl groups is 1. The maximum Gasteiger partial charge on any atom is 0.573 e. The smallest absolute Gasteiger partial charge is 0.406 e. The molecule has 0 amide bonds. The number of halogens is 6. The molecule has 3 rings (SSSR count). The number of nitrogens with one attached hydrogen (secondary N) is 1. The van der Waals surface area contributed by atoms with E-state index in [2.05, 4.69) is 15.0 Å². The molecule has 2 aromatic carbocycles. The summed E-state index contributed by atoms with van der Waals surface area (Å²) in [6.07, 6.45) is -11.1. The topological polar surface area (TPSA) is 54.4 Å². The summed E-state index contributed by atoms with van der Waals surface area (Å²) in [6, 6.07) is 17.4. The van der Waals surface area contributed by atoms with Gasteiger partial charge >= 0.3 is 12.5 Å². The molecule has 0 fully saturated rings. The van der Waals surface area contributed by atoms with E-state index in [1.807, 2.05) is 13.0 Å². The number of aromatic nitrogens is 1. The first-order chi connectivity index (χ1) is 16.4. The molecule has 0 aliphatic carbocycles. The number of pyridine rings is 1. The molecule has 0 aliphatic heterocycles. The molecule has 3 aromatic rings. The first kappa shape index (κ1) is 26.5. The molecule has 4 nitrogen and oxygen atoms in total. The summed E-state index contributed by atoms with van der Waals surface area (Å²) in [7, 11) is 0. The average Bonchev–Trinajstić information content (AvgIpc) is 2.75. The van der Waals surface area contributed by atoms with Crippen LogP contribution in [0.15, 0.2) is 72.9 Å². The van der Waals surface area contributed by atoms with E-state index < -0.39 is 42.9 Å². The van der Waals surface area contributed by atoms with Gasteiger partial charge in [-0.25, -0.2) is 0 Å². The summed E-state index contributed by atoms with van der Waals surface area (Å²) in [5.74, 6) is -0.481. The third-order valence-corrected chi connectivity index (χ3v) is 5.35. The molecular weight excluding hydrogens is 474 g/mol. The normalized spacial score (nSPS) is 14.9. The summed E-state index contributed by atoms with van der Waals surface area (Å²) < 4.78 is 81.4. The molecule has 1 aromatic heterocycles. The van der Waals surface area contributed by atoms with Gasteiger partial charge in [0.05, 0.1) is 18.1 Å². The van der Waals surface area contributed by atoms with Crippen LogP contribution < -0.4 is 10.1 Å². The molecule has 0 radical (unpaired) electrons. The Labute approximate surface area is 198 Å². The van der Waals surface area contributed by atoms with Crippen molar-refractivity contribution in [1.29, 1.82) is 0 Å². The van der Waals surface area contributed by atoms with Gasteiger partial charge in [-0.1, -0.05) is 48.0 Å². The second-order valence-electron chi connectivity index (χ2n) is 8.20. The van der Waals surface area contributed by atoms with Crippen LogP contribution >= 0.6 is 0 Å². The summed E-state index contributed by atoms with van der Waals surface area (Å²) >= 11 is 0. The van der Waals surface area contributed by atoms with Crippen LogP contribution in [0.4, 0.5) is 26.3 Å². The first-order valence-electron chi connectivity index (χ1n) is 10.7. The minimum absolute atomic E-state index is 0.0749. The Morgan fingerprint density at radius 1 is 0.914 bits per heavy atom. The van der Waals surface area contributed by atoms with E-state index in [1.165, 1.54) is 18.3 Å². The SMILES string of the molecule is Cc1cccc(C(Cc2ccccn2)(NCC(O)CC(F)(F)F)c2cccc(OC(F)(F)F)c2)c1. The highest BCUT2D eigenvalue weighted by molar-refractivity contribution is 5.44. The van der Waals surface area contributed by atoms with Crippen LogP contribution in [0.1, 0.15) is 28.8 Å². The van der Waals surface area contributed by atoms with Crippen molar-refractivity contribution in [1.82, 2.24) is 10.3 Å². The zero-order valence-corrected chi connectivity index (χ0v) is 18.7. The second kappa shape index (κ2) is 10.7. The quantitative estimate of drug-likeness (QED) is 0.373. The third kappa shape index (κ3) is 7.69. The number of aryl methyl sites for hydroxylation is 1. The number of hydrogen-bond donors (Lipinski definition) is 2. The fourth-order valence-corrected chi connectivity index (χ4v) is 3.91. The van der Waals surface area contributed by atoms with Crippen LogP contribution in [0.5, 0.6) is 5.75 Å². The molecule has 2 atom stereocenters. The van der Waals surface area contributed by atoms with Gasteiger partial charge in [0.2, 0.25) is 0 Å². The summed E-state index contributed by atoms with van der Waals surface area (Å²) in [5, 5.41) is 13.1. The predicted molar refractivity (Wildman–Crippen MR) is 118 cm³/mol. The molecule has 0 spiro atoms. The fourth-order valence-electron chi connectivity index (χ4n) is 3.91. The predicted octanol–water partition coefficient (Wildman–Crippen LogP) is 5.68. The van der Waals surface area contributed by atoms with Gasteiger partial charge in [-0.2, -0.15) is 13.2 Å². The molecule has 0 saturated carbocycles. The van der Waals surface area contributed by atoms with Crippen molar-refractivity contribution in [3.05, 3.63) is 95.3 Å². The van der Waals surface area contributed by atoms with Crippen LogP contribution in [0.3, 0.4) is 0 Å². The van der Waals surface area contributed by atoms with Crippen LogP contribution in [0, 0.1) is 6.92 Å². The first-order valence-corrected chi connectivity index (χ1v) is 10.7. The van der Waals surface area contributed by atoms with Gasteiger partial charge < -0.3 is 15.2 Å². The molecular formula is C25H24F6N2O2. The maximum absolute atomic E-state index is 12.9. The van der Waals surface area contributed by atoms with Gasteiger partial charge in [0.1, 0.15) is 5.75 Å². The number of ether oxygens (including phenoxy) is 1. The van der Waals surface area contributed by atoms with E-state index in [4.69, 9.17) is 0 Å². The van der Waals surface area contributed by atoms with Crippen LogP contribution in [-0.4, -0.2) is 35.3 Å². The van der Waals surface area contributed by atoms with E-state index >= 15 is 0 Å². The van der Waals surface area contributed by atoms with E-state index in [0.29, 0.717) is 16.8 Å². The van der Waals surface area contributed by atoms with Crippen molar-refractivity contribution >= 4 is 0 Å². The van der Waals surface area contributed by atoms with Crippen LogP contribution in [0.25, 0.3) is 0 Å². The highest BCUT2D eigenvalue weighted by Gasteiger charge is 2.38. The van der Waals surface area contributed by atoms with Crippen LogP contribution in [0.2, 0.25) is 0 Å². The maximum atomic E-state index is 12.9. The van der Waals surface area contributed by atoms with Crippen molar-refractivity contribution in [3.63, 3.8) is 0 Å². The molecule has 0 bridgehead atoms. The van der Waals surface area contributed by atoms with Crippen molar-refractivity contribution in [2.45, 2.75) is 43.9 Å². The Balaban J connectivity index is 2.14. The lowest BCUT2D eigenvalue weighted by Gasteiger charge is -2.37. The van der Waals surface area contributed by atoms with Crippen molar-refractivity contribution in [2.24, 2.45) is 0 Å². The van der Waals surface area contributed by atoms with Crippen molar-refractivity contribution in [2.75, 3.05) is 6.54 Å². The van der Waals surface area contributed by atoms with Crippen molar-refractivity contribution < 1.29 is 36.2 Å². The Kier molecular flexibility index (Phi) is 8.07. The van der Waals surface area contributed by atoms with E-state index in [0.717, 1.165) is 11.6 Å². The zero-order chi connectivity index (χ0) is 25.7. The average molecular weight is 498 g/mol. The number of alkyl halides is 6. The summed E-state index contributed by atoms with van der Waals surface area (Å²) in [6.45, 7) is 1.33. The standard InChI is InChI=1S/C25H24F6N2O2/c1-17-6-4-7-18(12-17)23(14-20-9-2-3-11-32-20,33-16-21(34)15-24(26,27)28)19-8-5-10-22(13-19)35-25(29,30)31/h2-13,21,33-34H,14-16H2,1H3. The molecule has 10 heteroatoms. The van der Waals surface area contributed by atoms with Gasteiger partial charge in [-0.15, -0.1) is 13.2 Å². The second-order valence-corrected chi connectivity index (χ2v) is 8.20. The zero-order valence-electron chi connectivity index (χ0n) is 18.7. The molecule has 188 valence electrons. The Morgan fingerprint density at radius 2 is 1.60 bits per heavy atom. The molecule has 35 heavy (non-hydrogen) atoms. The lowest BCUT2D eigenvalue weighted by atomic mass is 9.78. The lowest BCUT2D eigenvalue weighted by Crippen LogP contribution is -2.49. The summed E-state index contributed by atoms with van der Waals surface area (Å²) in [5.41, 5.74) is 0.904. The largest absolute Gasteiger partial charge is 0.573 e. The third-order valence-electron chi connectivity index (χ3n) is 5.35. The van der Waals surface area contributed by atoms with Gasteiger partial charge in [0, 0.05) is 24.9 Å². The van der Waals surface area contributed by atoms with Gasteiger partial charge in [-0.05, 0) is 42.3 Å². The minimum Gasteiger partial charge on any atom is -0.406 e. The van der Waals surface area contributed by atoms with Gasteiger partial charge in [-0.3, -0.25) is 4.98 Å². The molecule has 2 unspecified atom stereocenters. The number of nitrogens with zero attached hydrogens (tertiary/aromatic N) is 1. The Morgan fingerprint density at radius 3 is 2.20 bits per heavy atom. The monoisotopic (exact) mass is 498 g/mol.